The first kappa shape index (κ1) is 28.2. The highest BCUT2D eigenvalue weighted by molar-refractivity contribution is 6.74. The van der Waals surface area contributed by atoms with E-state index < -0.39 is 20.6 Å². The molecular weight excluding hydrogens is 456 g/mol. The molecule has 3 rings (SSSR count). The molecule has 2 aliphatic rings. The van der Waals surface area contributed by atoms with E-state index in [1.165, 1.54) is 11.1 Å². The van der Waals surface area contributed by atoms with E-state index in [9.17, 15) is 9.50 Å². The summed E-state index contributed by atoms with van der Waals surface area (Å²) >= 11 is 0. The molecule has 2 aliphatic heterocycles. The summed E-state index contributed by atoms with van der Waals surface area (Å²) in [6.45, 7) is 20.8. The molecule has 2 heterocycles. The first-order valence-electron chi connectivity index (χ1n) is 13.3. The van der Waals surface area contributed by atoms with Crippen LogP contribution in [0.5, 0.6) is 11.5 Å². The van der Waals surface area contributed by atoms with Gasteiger partial charge in [0.05, 0.1) is 12.7 Å². The van der Waals surface area contributed by atoms with Crippen LogP contribution in [-0.2, 0) is 6.42 Å². The van der Waals surface area contributed by atoms with Crippen LogP contribution in [0.3, 0.4) is 0 Å². The average Bonchev–Trinajstić information content (AvgIpc) is 2.78. The van der Waals surface area contributed by atoms with Gasteiger partial charge in [-0.05, 0) is 78.6 Å². The normalized spacial score (nSPS) is 26.0. The Morgan fingerprint density at radius 1 is 1.31 bits per heavy atom. The summed E-state index contributed by atoms with van der Waals surface area (Å²) in [4.78, 5) is 2.53. The van der Waals surface area contributed by atoms with Crippen molar-refractivity contribution in [3.63, 3.8) is 0 Å². The minimum Gasteiger partial charge on any atom is -0.541 e. The third-order valence-electron chi connectivity index (χ3n) is 8.96. The molecule has 1 saturated heterocycles. The Morgan fingerprint density at radius 2 is 2.00 bits per heavy atom. The predicted octanol–water partition coefficient (Wildman–Crippen LogP) is 7.08. The fraction of sp³-hybridized carbons (Fsp3) is 0.724. The van der Waals surface area contributed by atoms with Gasteiger partial charge < -0.3 is 14.3 Å². The van der Waals surface area contributed by atoms with Crippen LogP contribution in [0, 0.1) is 11.8 Å². The number of benzene rings is 1. The molecule has 1 fully saturated rings. The van der Waals surface area contributed by atoms with Crippen LogP contribution in [0.4, 0.5) is 4.39 Å². The van der Waals surface area contributed by atoms with Gasteiger partial charge in [0.25, 0.3) is 8.32 Å². The number of fused-ring (bicyclic) bond motifs is 3. The highest BCUT2D eigenvalue weighted by atomic mass is 28.4. The van der Waals surface area contributed by atoms with Gasteiger partial charge in [-0.2, -0.15) is 0 Å². The predicted molar refractivity (Wildman–Crippen MR) is 146 cm³/mol. The smallest absolute Gasteiger partial charge is 0.250 e. The van der Waals surface area contributed by atoms with E-state index >= 15 is 0 Å². The average molecular weight is 505 g/mol. The summed E-state index contributed by atoms with van der Waals surface area (Å²) < 4.78 is 26.0. The van der Waals surface area contributed by atoms with Crippen LogP contribution >= 0.6 is 0 Å². The number of halogens is 1. The van der Waals surface area contributed by atoms with Crippen LogP contribution in [0.2, 0.25) is 18.1 Å². The molecule has 1 unspecified atom stereocenters. The Hall–Kier alpha value is -1.37. The molecule has 1 aromatic rings. The maximum absolute atomic E-state index is 13.5. The van der Waals surface area contributed by atoms with E-state index in [2.05, 4.69) is 71.3 Å². The van der Waals surface area contributed by atoms with Gasteiger partial charge in [-0.25, -0.2) is 4.39 Å². The topological polar surface area (TPSA) is 41.9 Å². The van der Waals surface area contributed by atoms with Gasteiger partial charge in [-0.1, -0.05) is 47.6 Å². The van der Waals surface area contributed by atoms with Gasteiger partial charge in [0.2, 0.25) is 0 Å². The second-order valence-corrected chi connectivity index (χ2v) is 17.4. The largest absolute Gasteiger partial charge is 0.541 e. The van der Waals surface area contributed by atoms with Crippen LogP contribution in [0.25, 0.3) is 0 Å². The van der Waals surface area contributed by atoms with Gasteiger partial charge in [0.1, 0.15) is 12.4 Å². The molecule has 0 spiro atoms. The molecular formula is C29H48FNO3Si. The summed E-state index contributed by atoms with van der Waals surface area (Å²) in [6, 6.07) is 4.39. The summed E-state index contributed by atoms with van der Waals surface area (Å²) in [5, 5.41) is 12.1. The highest BCUT2D eigenvalue weighted by Gasteiger charge is 2.48. The fourth-order valence-corrected chi connectivity index (χ4v) is 6.50. The minimum atomic E-state index is -2.07. The number of methoxy groups -OCH3 is 1. The lowest BCUT2D eigenvalue weighted by Gasteiger charge is -2.52. The zero-order valence-electron chi connectivity index (χ0n) is 23.3. The van der Waals surface area contributed by atoms with Crippen molar-refractivity contribution in [2.75, 3.05) is 26.9 Å². The van der Waals surface area contributed by atoms with Gasteiger partial charge >= 0.3 is 0 Å². The van der Waals surface area contributed by atoms with E-state index in [-0.39, 0.29) is 17.0 Å². The number of aliphatic hydroxyl groups is 1. The van der Waals surface area contributed by atoms with Gasteiger partial charge in [0, 0.05) is 25.0 Å². The number of ether oxygens (including phenoxy) is 1. The molecule has 0 aromatic heterocycles. The van der Waals surface area contributed by atoms with Crippen LogP contribution in [0.15, 0.2) is 24.3 Å². The summed E-state index contributed by atoms with van der Waals surface area (Å²) in [6.07, 6.45) is 3.90. The standard InChI is InChI=1S/C29H48FNO3Si/c1-10-20(2)13-23-19-31-12-11-22-14-26(33-7)27(34-35(8,9)28(4,5)6)15-24(22)25(31)17-29(23,32)16-21(3)18-30/h14-15,20,23,25,32H,3,10-13,16-19H2,1-2,4-9H3/t20?,23-,25-,29-/m0/s1/i30-1. The second kappa shape index (κ2) is 10.5. The zero-order valence-corrected chi connectivity index (χ0v) is 24.3. The number of rotatable bonds is 9. The first-order chi connectivity index (χ1) is 16.2. The minimum absolute atomic E-state index is 0.0704. The molecule has 6 heteroatoms. The van der Waals surface area contributed by atoms with Gasteiger partial charge in [-0.3, -0.25) is 4.90 Å². The maximum Gasteiger partial charge on any atom is 0.250 e. The number of hydrogen-bond donors (Lipinski definition) is 1. The van der Waals surface area contributed by atoms with Crippen LogP contribution in [0.1, 0.15) is 77.5 Å². The van der Waals surface area contributed by atoms with Crippen LogP contribution < -0.4 is 9.16 Å². The van der Waals surface area contributed by atoms with Crippen molar-refractivity contribution in [2.24, 2.45) is 11.8 Å². The maximum atomic E-state index is 13.5. The van der Waals surface area contributed by atoms with E-state index in [1.807, 2.05) is 0 Å². The third kappa shape index (κ3) is 5.97. The molecule has 35 heavy (non-hydrogen) atoms. The Balaban J connectivity index is 2.00. The van der Waals surface area contributed by atoms with E-state index in [1.54, 1.807) is 7.11 Å². The molecule has 0 amide bonds. The Bertz CT molecular complexity index is 912. The van der Waals surface area contributed by atoms with Crippen molar-refractivity contribution in [1.29, 1.82) is 0 Å². The Kier molecular flexibility index (Phi) is 8.50. The monoisotopic (exact) mass is 504 g/mol. The lowest BCUT2D eigenvalue weighted by molar-refractivity contribution is -0.104. The third-order valence-corrected chi connectivity index (χ3v) is 13.3. The molecule has 198 valence electrons. The fourth-order valence-electron chi connectivity index (χ4n) is 5.48. The van der Waals surface area contributed by atoms with E-state index in [0.29, 0.717) is 24.3 Å². The van der Waals surface area contributed by atoms with E-state index in [0.717, 1.165) is 43.9 Å². The molecule has 1 N–H and O–H groups in total. The zero-order chi connectivity index (χ0) is 26.2. The quantitative estimate of drug-likeness (QED) is 0.288. The lowest BCUT2D eigenvalue weighted by Crippen LogP contribution is -2.55. The molecule has 1 aromatic carbocycles. The number of nitrogens with zero attached hydrogens (tertiary/aromatic N) is 1. The molecule has 4 atom stereocenters. The molecule has 0 saturated carbocycles. The second-order valence-electron chi connectivity index (χ2n) is 12.6. The van der Waals surface area contributed by atoms with Crippen molar-refractivity contribution < 1.29 is 18.7 Å². The SMILES string of the molecule is C=C(C[18F])C[C@]1(O)C[C@H]2c3cc(O[Si](C)(C)C(C)(C)C)c(OC)cc3CCN2C[C@@H]1CC(C)CC. The first-order valence-corrected chi connectivity index (χ1v) is 16.2. The Morgan fingerprint density at radius 3 is 2.57 bits per heavy atom. The highest BCUT2D eigenvalue weighted by Crippen LogP contribution is 2.50. The summed E-state index contributed by atoms with van der Waals surface area (Å²) in [5.74, 6) is 2.22. The molecule has 0 aliphatic carbocycles. The van der Waals surface area contributed by atoms with Crippen molar-refractivity contribution >= 4 is 8.32 Å². The molecule has 0 radical (unpaired) electrons. The van der Waals surface area contributed by atoms with Crippen molar-refractivity contribution in [3.05, 3.63) is 35.4 Å². The molecule has 0 bridgehead atoms. The number of alkyl halides is 1. The lowest BCUT2D eigenvalue weighted by atomic mass is 9.68. The Labute approximate surface area is 214 Å². The van der Waals surface area contributed by atoms with Crippen LogP contribution in [-0.4, -0.2) is 50.8 Å². The van der Waals surface area contributed by atoms with Crippen molar-refractivity contribution in [1.82, 2.24) is 4.90 Å². The van der Waals surface area contributed by atoms with E-state index in [4.69, 9.17) is 9.16 Å². The van der Waals surface area contributed by atoms with Gasteiger partial charge in [-0.15, -0.1) is 0 Å². The number of hydrogen-bond acceptors (Lipinski definition) is 4. The van der Waals surface area contributed by atoms with Crippen molar-refractivity contribution in [3.8, 4) is 11.5 Å². The summed E-state index contributed by atoms with van der Waals surface area (Å²) in [5.41, 5.74) is 2.01. The van der Waals surface area contributed by atoms with Gasteiger partial charge in [0.15, 0.2) is 5.75 Å². The molecule has 4 nitrogen and oxygen atoms in total. The summed E-state index contributed by atoms with van der Waals surface area (Å²) in [7, 11) is -0.362. The number of piperidine rings is 1. The van der Waals surface area contributed by atoms with Crippen molar-refractivity contribution in [2.45, 2.75) is 96.5 Å².